The van der Waals surface area contributed by atoms with Gasteiger partial charge in [0, 0.05) is 18.2 Å². The molecule has 0 aromatic carbocycles. The molecular weight excluding hydrogens is 500 g/mol. The van der Waals surface area contributed by atoms with Gasteiger partial charge in [-0.1, -0.05) is 23.9 Å². The Morgan fingerprint density at radius 1 is 1.32 bits per heavy atom. The maximum absolute atomic E-state index is 11.9. The first kappa shape index (κ1) is 31.9. The number of nitrogens with one attached hydrogen (secondary N) is 3. The average Bonchev–Trinajstić information content (AvgIpc) is 2.93. The van der Waals surface area contributed by atoms with Gasteiger partial charge in [0.2, 0.25) is 12.3 Å². The van der Waals surface area contributed by atoms with Crippen molar-refractivity contribution in [3.8, 4) is 11.8 Å². The minimum atomic E-state index is -0.923. The van der Waals surface area contributed by atoms with Crippen molar-refractivity contribution in [3.05, 3.63) is 45.7 Å². The number of amides is 3. The summed E-state index contributed by atoms with van der Waals surface area (Å²) in [5, 5.41) is 10.9. The lowest BCUT2D eigenvalue weighted by molar-refractivity contribution is -0.126. The lowest BCUT2D eigenvalue weighted by Gasteiger charge is -2.16. The first-order chi connectivity index (χ1) is 18.5. The highest BCUT2D eigenvalue weighted by molar-refractivity contribution is 6.02. The molecule has 3 N–H and O–H groups in total. The molecule has 0 heterocycles. The highest BCUT2D eigenvalue weighted by atomic mass is 16.6. The van der Waals surface area contributed by atoms with E-state index in [1.165, 1.54) is 13.3 Å². The third-order valence-electron chi connectivity index (χ3n) is 4.70. The van der Waals surface area contributed by atoms with E-state index in [9.17, 15) is 19.2 Å². The van der Waals surface area contributed by atoms with Crippen LogP contribution in [0.4, 0.5) is 0 Å². The zero-order chi connectivity index (χ0) is 28.0. The van der Waals surface area contributed by atoms with Gasteiger partial charge in [0.1, 0.15) is 37.1 Å². The molecule has 0 spiro atoms. The predicted octanol–water partition coefficient (Wildman–Crippen LogP) is 0.724. The van der Waals surface area contributed by atoms with Gasteiger partial charge in [-0.05, 0) is 42.5 Å². The summed E-state index contributed by atoms with van der Waals surface area (Å²) in [5.74, 6) is 4.53. The van der Waals surface area contributed by atoms with Gasteiger partial charge in [0.15, 0.2) is 6.23 Å². The number of nitrogens with zero attached hydrogens (tertiary/aromatic N) is 3. The lowest BCUT2D eigenvalue weighted by atomic mass is 10.1. The number of aldehydes is 1. The number of allylic oxidation sites excluding steroid dienone is 3. The van der Waals surface area contributed by atoms with E-state index in [-0.39, 0.29) is 51.2 Å². The maximum atomic E-state index is 11.9. The smallest absolute Gasteiger partial charge is 0.267 e. The van der Waals surface area contributed by atoms with Gasteiger partial charge in [-0.15, -0.1) is 0 Å². The van der Waals surface area contributed by atoms with Crippen LogP contribution < -0.4 is 16.0 Å². The monoisotopic (exact) mass is 532 g/mol. The number of carbonyl (C=O) groups excluding carboxylic acids is 4. The van der Waals surface area contributed by atoms with Crippen molar-refractivity contribution in [2.24, 2.45) is 5.11 Å². The second-order valence-electron chi connectivity index (χ2n) is 7.40. The third kappa shape index (κ3) is 13.8. The molecule has 1 unspecified atom stereocenters. The van der Waals surface area contributed by atoms with E-state index < -0.39 is 18.0 Å². The van der Waals surface area contributed by atoms with Gasteiger partial charge in [0.25, 0.3) is 5.91 Å². The SMILES string of the molecule is CC[C@H](N/C=C(/C#CCNC(=O)COCCOC(COC1=CCCC(C=O)=C1)N=[N+]=[N-])C(=O)NC=O)OC. The Morgan fingerprint density at radius 2 is 2.13 bits per heavy atom. The molecule has 38 heavy (non-hydrogen) atoms. The van der Waals surface area contributed by atoms with Crippen molar-refractivity contribution in [1.82, 2.24) is 16.0 Å². The van der Waals surface area contributed by atoms with Crippen LogP contribution in [0.2, 0.25) is 0 Å². The van der Waals surface area contributed by atoms with Crippen LogP contribution in [-0.2, 0) is 38.1 Å². The van der Waals surface area contributed by atoms with Crippen LogP contribution in [0.3, 0.4) is 0 Å². The summed E-state index contributed by atoms with van der Waals surface area (Å²) in [6, 6.07) is 0. The van der Waals surface area contributed by atoms with Crippen molar-refractivity contribution >= 4 is 24.5 Å². The van der Waals surface area contributed by atoms with Gasteiger partial charge in [0.05, 0.1) is 19.8 Å². The maximum Gasteiger partial charge on any atom is 0.267 e. The van der Waals surface area contributed by atoms with Crippen LogP contribution in [0.1, 0.15) is 26.2 Å². The molecule has 2 atom stereocenters. The molecule has 0 aliphatic heterocycles. The molecule has 14 nitrogen and oxygen atoms in total. The molecule has 206 valence electrons. The minimum absolute atomic E-state index is 0.0196. The van der Waals surface area contributed by atoms with E-state index in [1.807, 2.05) is 18.3 Å². The van der Waals surface area contributed by atoms with Crippen molar-refractivity contribution in [3.63, 3.8) is 0 Å². The Morgan fingerprint density at radius 3 is 2.82 bits per heavy atom. The number of methoxy groups -OCH3 is 1. The number of hydrogen-bond acceptors (Lipinski definition) is 10. The number of rotatable bonds is 18. The van der Waals surface area contributed by atoms with Gasteiger partial charge < -0.3 is 29.6 Å². The molecule has 3 amide bonds. The molecule has 1 rings (SSSR count). The number of hydrogen-bond donors (Lipinski definition) is 3. The summed E-state index contributed by atoms with van der Waals surface area (Å²) in [5.41, 5.74) is 9.30. The minimum Gasteiger partial charge on any atom is -0.491 e. The summed E-state index contributed by atoms with van der Waals surface area (Å²) >= 11 is 0. The lowest BCUT2D eigenvalue weighted by Crippen LogP contribution is -2.29. The summed E-state index contributed by atoms with van der Waals surface area (Å²) in [6.07, 6.45) is 6.46. The Bertz CT molecular complexity index is 1000. The molecule has 0 aromatic heterocycles. The highest BCUT2D eigenvalue weighted by Gasteiger charge is 2.11. The van der Waals surface area contributed by atoms with E-state index in [1.54, 1.807) is 6.08 Å². The van der Waals surface area contributed by atoms with Crippen molar-refractivity contribution in [1.29, 1.82) is 0 Å². The van der Waals surface area contributed by atoms with Crippen LogP contribution >= 0.6 is 0 Å². The first-order valence-corrected chi connectivity index (χ1v) is 11.7. The van der Waals surface area contributed by atoms with Crippen LogP contribution in [0, 0.1) is 11.8 Å². The van der Waals surface area contributed by atoms with Crippen LogP contribution in [-0.4, -0.2) is 77.0 Å². The van der Waals surface area contributed by atoms with E-state index in [0.29, 0.717) is 30.6 Å². The molecular formula is C24H32N6O8. The third-order valence-corrected chi connectivity index (χ3v) is 4.70. The zero-order valence-electron chi connectivity index (χ0n) is 21.3. The number of ether oxygens (including phenoxy) is 4. The molecule has 0 radical (unpaired) electrons. The number of imide groups is 1. The van der Waals surface area contributed by atoms with Crippen molar-refractivity contribution < 1.29 is 38.1 Å². The van der Waals surface area contributed by atoms with Gasteiger partial charge in [-0.3, -0.25) is 24.5 Å². The average molecular weight is 533 g/mol. The van der Waals surface area contributed by atoms with Crippen molar-refractivity contribution in [2.75, 3.05) is 40.1 Å². The van der Waals surface area contributed by atoms with Gasteiger partial charge >= 0.3 is 0 Å². The molecule has 14 heteroatoms. The Hall–Kier alpha value is -4.15. The summed E-state index contributed by atoms with van der Waals surface area (Å²) in [4.78, 5) is 48.0. The standard InChI is InChI=1S/C24H32N6O8/c1-3-22(35-2)27-13-19(24(34)28-17-32)7-5-9-26-21(33)15-36-10-11-37-23(29-30-25)16-38-20-8-4-6-18(12-20)14-31/h8,12-14,17,22-23,27H,3-4,6,9-11,15-16H2,1-2H3,(H,26,33)(H,28,32,34)/b19-13-/t22-,23?/m1/s1. The zero-order valence-corrected chi connectivity index (χ0v) is 21.3. The van der Waals surface area contributed by atoms with Crippen molar-refractivity contribution in [2.45, 2.75) is 38.6 Å². The molecule has 0 aromatic rings. The number of azide groups is 1. The fourth-order valence-electron chi connectivity index (χ4n) is 2.79. The molecule has 1 aliphatic rings. The quantitative estimate of drug-likeness (QED) is 0.0334. The van der Waals surface area contributed by atoms with Crippen LogP contribution in [0.5, 0.6) is 0 Å². The Kier molecular flexibility index (Phi) is 16.8. The molecule has 0 fully saturated rings. The summed E-state index contributed by atoms with van der Waals surface area (Å²) < 4.78 is 21.3. The largest absolute Gasteiger partial charge is 0.491 e. The molecule has 0 bridgehead atoms. The number of carbonyl (C=O) groups is 4. The normalized spacial score (nSPS) is 14.2. The fourth-order valence-corrected chi connectivity index (χ4v) is 2.79. The molecule has 0 saturated carbocycles. The van der Waals surface area contributed by atoms with Gasteiger partial charge in [-0.25, -0.2) is 0 Å². The molecule has 0 saturated heterocycles. The summed E-state index contributed by atoms with van der Waals surface area (Å²) in [6.45, 7) is 1.54. The van der Waals surface area contributed by atoms with E-state index in [2.05, 4.69) is 32.5 Å². The first-order valence-electron chi connectivity index (χ1n) is 11.7. The van der Waals surface area contributed by atoms with Gasteiger partial charge in [-0.2, -0.15) is 0 Å². The van der Waals surface area contributed by atoms with E-state index >= 15 is 0 Å². The fraction of sp³-hybridized carbons (Fsp3) is 0.500. The second kappa shape index (κ2) is 20.0. The Labute approximate surface area is 220 Å². The predicted molar refractivity (Wildman–Crippen MR) is 134 cm³/mol. The molecule has 1 aliphatic carbocycles. The van der Waals surface area contributed by atoms with Crippen LogP contribution in [0.15, 0.2) is 40.4 Å². The highest BCUT2D eigenvalue weighted by Crippen LogP contribution is 2.17. The van der Waals surface area contributed by atoms with E-state index in [0.717, 1.165) is 6.29 Å². The van der Waals surface area contributed by atoms with Crippen LogP contribution in [0.25, 0.3) is 10.4 Å². The Balaban J connectivity index is 2.38. The summed E-state index contributed by atoms with van der Waals surface area (Å²) in [7, 11) is 1.50. The topological polar surface area (TPSA) is 190 Å². The second-order valence-corrected chi connectivity index (χ2v) is 7.40. The van der Waals surface area contributed by atoms with E-state index in [4.69, 9.17) is 24.5 Å².